The van der Waals surface area contributed by atoms with Crippen LogP contribution in [0.5, 0.6) is 17.2 Å². The first-order valence-corrected chi connectivity index (χ1v) is 7.52. The molecule has 0 saturated heterocycles. The molecule has 6 nitrogen and oxygen atoms in total. The number of rotatable bonds is 5. The summed E-state index contributed by atoms with van der Waals surface area (Å²) < 4.78 is 16.1. The van der Waals surface area contributed by atoms with E-state index in [0.29, 0.717) is 23.8 Å². The fourth-order valence-electron chi connectivity index (χ4n) is 2.25. The zero-order valence-corrected chi connectivity index (χ0v) is 13.5. The highest BCUT2D eigenvalue weighted by atomic mass is 16.5. The average molecular weight is 326 g/mol. The molecule has 6 heteroatoms. The monoisotopic (exact) mass is 326 g/mol. The molecule has 1 heterocycles. The number of aryl methyl sites for hydroxylation is 1. The third kappa shape index (κ3) is 3.65. The van der Waals surface area contributed by atoms with Crippen molar-refractivity contribution in [2.24, 2.45) is 5.10 Å². The molecular formula is C18H18N2O4. The first-order chi connectivity index (χ1) is 11.7. The lowest BCUT2D eigenvalue weighted by molar-refractivity contribution is -0.123. The molecule has 2 aromatic rings. The second kappa shape index (κ2) is 7.04. The van der Waals surface area contributed by atoms with E-state index in [9.17, 15) is 4.79 Å². The number of methoxy groups -OCH3 is 1. The van der Waals surface area contributed by atoms with Crippen LogP contribution >= 0.6 is 0 Å². The molecule has 1 aliphatic rings. The molecule has 0 spiro atoms. The normalized spacial score (nSPS) is 14.0. The highest BCUT2D eigenvalue weighted by molar-refractivity contribution is 6.06. The van der Waals surface area contributed by atoms with E-state index in [0.717, 1.165) is 16.9 Å². The number of amides is 1. The Labute approximate surface area is 140 Å². The van der Waals surface area contributed by atoms with Gasteiger partial charge in [-0.3, -0.25) is 4.79 Å². The van der Waals surface area contributed by atoms with Crippen molar-refractivity contribution in [2.75, 3.05) is 20.3 Å². The molecule has 0 atom stereocenters. The number of benzene rings is 2. The minimum atomic E-state index is -0.334. The van der Waals surface area contributed by atoms with Gasteiger partial charge >= 0.3 is 0 Å². The largest absolute Gasteiger partial charge is 0.497 e. The number of hydrazone groups is 1. The molecule has 0 unspecified atom stereocenters. The predicted octanol–water partition coefficient (Wildman–Crippen LogP) is 2.30. The van der Waals surface area contributed by atoms with Gasteiger partial charge in [-0.25, -0.2) is 5.43 Å². The summed E-state index contributed by atoms with van der Waals surface area (Å²) in [7, 11) is 1.60. The second-order valence-electron chi connectivity index (χ2n) is 5.35. The Bertz CT molecular complexity index is 769. The van der Waals surface area contributed by atoms with Crippen LogP contribution < -0.4 is 19.6 Å². The maximum absolute atomic E-state index is 11.9. The minimum absolute atomic E-state index is 0.105. The lowest BCUT2D eigenvalue weighted by atomic mass is 10.1. The third-order valence-electron chi connectivity index (χ3n) is 3.57. The van der Waals surface area contributed by atoms with E-state index >= 15 is 0 Å². The second-order valence-corrected chi connectivity index (χ2v) is 5.35. The van der Waals surface area contributed by atoms with Gasteiger partial charge in [0, 0.05) is 5.56 Å². The van der Waals surface area contributed by atoms with Gasteiger partial charge in [-0.1, -0.05) is 17.7 Å². The Morgan fingerprint density at radius 2 is 1.96 bits per heavy atom. The van der Waals surface area contributed by atoms with Crippen molar-refractivity contribution >= 4 is 11.6 Å². The van der Waals surface area contributed by atoms with Gasteiger partial charge in [0.05, 0.1) is 7.11 Å². The molecule has 24 heavy (non-hydrogen) atoms. The van der Waals surface area contributed by atoms with E-state index in [-0.39, 0.29) is 12.5 Å². The molecule has 1 amide bonds. The molecule has 0 saturated carbocycles. The zero-order chi connectivity index (χ0) is 16.9. The summed E-state index contributed by atoms with van der Waals surface area (Å²) in [6.45, 7) is 2.19. The predicted molar refractivity (Wildman–Crippen MR) is 89.8 cm³/mol. The molecular weight excluding hydrogens is 308 g/mol. The van der Waals surface area contributed by atoms with Gasteiger partial charge in [-0.15, -0.1) is 0 Å². The molecule has 2 aromatic carbocycles. The van der Waals surface area contributed by atoms with Crippen molar-refractivity contribution in [3.63, 3.8) is 0 Å². The summed E-state index contributed by atoms with van der Waals surface area (Å²) in [6, 6.07) is 13.0. The van der Waals surface area contributed by atoms with Crippen LogP contribution in [0.2, 0.25) is 0 Å². The number of nitrogens with zero attached hydrogens (tertiary/aromatic N) is 1. The quantitative estimate of drug-likeness (QED) is 0.856. The molecule has 0 fully saturated rings. The van der Waals surface area contributed by atoms with Crippen LogP contribution in [0, 0.1) is 6.92 Å². The Morgan fingerprint density at radius 3 is 2.71 bits per heavy atom. The number of carbonyl (C=O) groups is 1. The molecule has 0 aliphatic carbocycles. The molecule has 0 radical (unpaired) electrons. The molecule has 3 rings (SSSR count). The van der Waals surface area contributed by atoms with Crippen LogP contribution in [0.15, 0.2) is 47.6 Å². The van der Waals surface area contributed by atoms with Gasteiger partial charge in [0.15, 0.2) is 6.61 Å². The first kappa shape index (κ1) is 15.9. The average Bonchev–Trinajstić information content (AvgIpc) is 3.01. The third-order valence-corrected chi connectivity index (χ3v) is 3.57. The van der Waals surface area contributed by atoms with E-state index in [1.807, 2.05) is 49.4 Å². The zero-order valence-electron chi connectivity index (χ0n) is 13.5. The lowest BCUT2D eigenvalue weighted by Crippen LogP contribution is -2.26. The molecule has 124 valence electrons. The highest BCUT2D eigenvalue weighted by Crippen LogP contribution is 2.29. The smallest absolute Gasteiger partial charge is 0.277 e. The van der Waals surface area contributed by atoms with Crippen molar-refractivity contribution in [3.05, 3.63) is 53.6 Å². The number of ether oxygens (including phenoxy) is 3. The Morgan fingerprint density at radius 1 is 1.21 bits per heavy atom. The summed E-state index contributed by atoms with van der Waals surface area (Å²) in [6.07, 6.45) is 0. The molecule has 1 aliphatic heterocycles. The standard InChI is InChI=1S/C18H18N2O4/c1-12-3-5-13(6-4-12)23-11-18(21)20-19-16-10-24-17-8-7-14(22-2)9-15(16)17/h3-9H,10-11H2,1-2H3,(H,20,21)/b19-16+. The summed E-state index contributed by atoms with van der Waals surface area (Å²) >= 11 is 0. The molecule has 1 N–H and O–H groups in total. The number of fused-ring (bicyclic) bond motifs is 1. The van der Waals surface area contributed by atoms with Gasteiger partial charge in [-0.2, -0.15) is 5.10 Å². The number of hydrogen-bond acceptors (Lipinski definition) is 5. The lowest BCUT2D eigenvalue weighted by Gasteiger charge is -2.06. The van der Waals surface area contributed by atoms with Gasteiger partial charge < -0.3 is 14.2 Å². The van der Waals surface area contributed by atoms with Gasteiger partial charge in [0.1, 0.15) is 29.6 Å². The summed E-state index contributed by atoms with van der Waals surface area (Å²) in [4.78, 5) is 11.9. The topological polar surface area (TPSA) is 69.2 Å². The van der Waals surface area contributed by atoms with Crippen LogP contribution in [0.1, 0.15) is 11.1 Å². The van der Waals surface area contributed by atoms with Crippen molar-refractivity contribution in [1.82, 2.24) is 5.43 Å². The van der Waals surface area contributed by atoms with Crippen molar-refractivity contribution in [3.8, 4) is 17.2 Å². The van der Waals surface area contributed by atoms with Crippen LogP contribution in [0.3, 0.4) is 0 Å². The maximum atomic E-state index is 11.9. The SMILES string of the molecule is COc1ccc2c(c1)/C(=N/NC(=O)COc1ccc(C)cc1)CO2. The minimum Gasteiger partial charge on any atom is -0.497 e. The fraction of sp³-hybridized carbons (Fsp3) is 0.222. The van der Waals surface area contributed by atoms with Gasteiger partial charge in [-0.05, 0) is 37.3 Å². The van der Waals surface area contributed by atoms with Crippen molar-refractivity contribution < 1.29 is 19.0 Å². The van der Waals surface area contributed by atoms with E-state index in [4.69, 9.17) is 14.2 Å². The summed E-state index contributed by atoms with van der Waals surface area (Å²) in [5.41, 5.74) is 5.08. The Kier molecular flexibility index (Phi) is 4.65. The molecule has 0 bridgehead atoms. The van der Waals surface area contributed by atoms with Crippen molar-refractivity contribution in [1.29, 1.82) is 0 Å². The summed E-state index contributed by atoms with van der Waals surface area (Å²) in [5.74, 6) is 1.74. The summed E-state index contributed by atoms with van der Waals surface area (Å²) in [5, 5.41) is 4.12. The van der Waals surface area contributed by atoms with Crippen molar-refractivity contribution in [2.45, 2.75) is 6.92 Å². The van der Waals surface area contributed by atoms with E-state index in [1.54, 1.807) is 7.11 Å². The number of hydrogen-bond donors (Lipinski definition) is 1. The van der Waals surface area contributed by atoms with Crippen LogP contribution in [-0.4, -0.2) is 31.9 Å². The van der Waals surface area contributed by atoms with Crippen LogP contribution in [-0.2, 0) is 4.79 Å². The first-order valence-electron chi connectivity index (χ1n) is 7.52. The van der Waals surface area contributed by atoms with Crippen LogP contribution in [0.25, 0.3) is 0 Å². The maximum Gasteiger partial charge on any atom is 0.277 e. The Hall–Kier alpha value is -3.02. The van der Waals surface area contributed by atoms with Gasteiger partial charge in [0.25, 0.3) is 5.91 Å². The number of nitrogens with one attached hydrogen (secondary N) is 1. The van der Waals surface area contributed by atoms with E-state index < -0.39 is 0 Å². The number of carbonyl (C=O) groups excluding carboxylic acids is 1. The van der Waals surface area contributed by atoms with Crippen LogP contribution in [0.4, 0.5) is 0 Å². The fourth-order valence-corrected chi connectivity index (χ4v) is 2.25. The Balaban J connectivity index is 1.58. The van der Waals surface area contributed by atoms with Gasteiger partial charge in [0.2, 0.25) is 0 Å². The van der Waals surface area contributed by atoms with E-state index in [1.165, 1.54) is 0 Å². The molecule has 0 aromatic heterocycles. The highest BCUT2D eigenvalue weighted by Gasteiger charge is 2.20. The van der Waals surface area contributed by atoms with E-state index in [2.05, 4.69) is 10.5 Å².